The van der Waals surface area contributed by atoms with E-state index in [4.69, 9.17) is 9.47 Å². The molecule has 0 aliphatic rings. The predicted octanol–water partition coefficient (Wildman–Crippen LogP) is 5.42. The van der Waals surface area contributed by atoms with Crippen LogP contribution in [0.5, 0.6) is 0 Å². The van der Waals surface area contributed by atoms with Gasteiger partial charge in [0.15, 0.2) is 0 Å². The summed E-state index contributed by atoms with van der Waals surface area (Å²) in [5.41, 5.74) is 1.52. The fourth-order valence-electron chi connectivity index (χ4n) is 2.98. The van der Waals surface area contributed by atoms with Gasteiger partial charge >= 0.3 is 11.9 Å². The molecule has 0 saturated carbocycles. The molecular formula is C26H34FeO6-6. The van der Waals surface area contributed by atoms with Crippen molar-refractivity contribution in [3.05, 3.63) is 59.7 Å². The normalized spacial score (nSPS) is 9.76. The number of hydrogen-bond acceptors (Lipinski definition) is 6. The fraction of sp³-hybridized carbons (Fsp3) is 0.462. The summed E-state index contributed by atoms with van der Waals surface area (Å²) in [4.78, 5) is 45.1. The van der Waals surface area contributed by atoms with Gasteiger partial charge in [0, 0.05) is 29.9 Å². The van der Waals surface area contributed by atoms with Gasteiger partial charge in [0.2, 0.25) is 0 Å². The zero-order valence-corrected chi connectivity index (χ0v) is 20.6. The topological polar surface area (TPSA) is 86.7 Å². The maximum Gasteiger partial charge on any atom is 0.305 e. The second-order valence-corrected chi connectivity index (χ2v) is 7.22. The molecular weight excluding hydrogens is 464 g/mol. The third kappa shape index (κ3) is 14.3. The summed E-state index contributed by atoms with van der Waals surface area (Å²) in [5, 5.41) is 0. The fourth-order valence-corrected chi connectivity index (χ4v) is 2.98. The first-order valence-electron chi connectivity index (χ1n) is 11.3. The van der Waals surface area contributed by atoms with Crippen LogP contribution < -0.4 is 0 Å². The first-order chi connectivity index (χ1) is 15.5. The van der Waals surface area contributed by atoms with Gasteiger partial charge in [0.1, 0.15) is 5.78 Å². The van der Waals surface area contributed by atoms with Crippen LogP contribution >= 0.6 is 0 Å². The van der Waals surface area contributed by atoms with Crippen molar-refractivity contribution in [1.29, 1.82) is 0 Å². The van der Waals surface area contributed by atoms with E-state index in [0.29, 0.717) is 51.7 Å². The van der Waals surface area contributed by atoms with Crippen LogP contribution in [0.1, 0.15) is 85.9 Å². The number of Topliss-reactive ketones (excluding diaryl/α,β-unsaturated/α-hetero) is 2. The first kappa shape index (κ1) is 30.5. The van der Waals surface area contributed by atoms with E-state index in [1.807, 2.05) is 48.5 Å². The van der Waals surface area contributed by atoms with Crippen molar-refractivity contribution in [3.8, 4) is 0 Å². The molecule has 0 unspecified atom stereocenters. The van der Waals surface area contributed by atoms with Crippen LogP contribution in [0.15, 0.2) is 48.5 Å². The Morgan fingerprint density at radius 1 is 0.697 bits per heavy atom. The second kappa shape index (κ2) is 19.0. The van der Waals surface area contributed by atoms with E-state index in [1.54, 1.807) is 13.8 Å². The first-order valence-corrected chi connectivity index (χ1v) is 11.3. The van der Waals surface area contributed by atoms with E-state index in [1.165, 1.54) is 0 Å². The van der Waals surface area contributed by atoms with Crippen LogP contribution in [0, 0.1) is 0 Å². The Morgan fingerprint density at radius 2 is 1.12 bits per heavy atom. The standard InChI is InChI=1S/2C13H17O3.Fe/c2*1-2-16-13(15)10-6-5-9-12(14)11-7-3-4-8-11;/h2*3-4,7-8H,2,5-6,9-10H2,1H3;/q-5;-1;. The molecule has 0 N–H and O–H groups in total. The minimum atomic E-state index is -0.178. The van der Waals surface area contributed by atoms with Crippen molar-refractivity contribution in [2.24, 2.45) is 0 Å². The number of carbonyl (C=O) groups excluding carboxylic acids is 4. The summed E-state index contributed by atoms with van der Waals surface area (Å²) >= 11 is 0. The predicted molar refractivity (Wildman–Crippen MR) is 123 cm³/mol. The molecule has 0 heterocycles. The van der Waals surface area contributed by atoms with E-state index in [2.05, 4.69) is 0 Å². The average molecular weight is 498 g/mol. The maximum atomic E-state index is 11.6. The number of hydrogen-bond donors (Lipinski definition) is 0. The van der Waals surface area contributed by atoms with E-state index in [-0.39, 0.29) is 40.6 Å². The van der Waals surface area contributed by atoms with Gasteiger partial charge in [-0.3, -0.25) is 15.4 Å². The molecule has 0 saturated heterocycles. The van der Waals surface area contributed by atoms with Gasteiger partial charge in [-0.2, -0.15) is 12.1 Å². The molecule has 2 aromatic carbocycles. The number of carbonyl (C=O) groups is 4. The van der Waals surface area contributed by atoms with Gasteiger partial charge in [0.25, 0.3) is 0 Å². The third-order valence-electron chi connectivity index (χ3n) is 4.65. The number of unbranched alkanes of at least 4 members (excludes halogenated alkanes) is 2. The van der Waals surface area contributed by atoms with E-state index < -0.39 is 0 Å². The maximum absolute atomic E-state index is 11.6. The molecule has 0 radical (unpaired) electrons. The quantitative estimate of drug-likeness (QED) is 0.114. The second-order valence-electron chi connectivity index (χ2n) is 7.22. The summed E-state index contributed by atoms with van der Waals surface area (Å²) in [5.74, 6) is -0.0609. The minimum absolute atomic E-state index is 0. The van der Waals surface area contributed by atoms with Crippen molar-refractivity contribution in [2.75, 3.05) is 13.2 Å². The van der Waals surface area contributed by atoms with Gasteiger partial charge in [-0.05, 0) is 39.5 Å². The zero-order valence-electron chi connectivity index (χ0n) is 19.5. The van der Waals surface area contributed by atoms with Gasteiger partial charge in [-0.1, -0.05) is 12.0 Å². The molecule has 2 rings (SSSR count). The molecule has 188 valence electrons. The smallest absolute Gasteiger partial charge is 0.305 e. The number of ether oxygens (including phenoxy) is 2. The molecule has 0 atom stereocenters. The van der Waals surface area contributed by atoms with Crippen LogP contribution in [0.4, 0.5) is 0 Å². The van der Waals surface area contributed by atoms with Crippen molar-refractivity contribution in [3.63, 3.8) is 0 Å². The molecule has 0 spiro atoms. The van der Waals surface area contributed by atoms with Crippen molar-refractivity contribution < 1.29 is 45.7 Å². The third-order valence-corrected chi connectivity index (χ3v) is 4.65. The van der Waals surface area contributed by atoms with Gasteiger partial charge in [-0.25, -0.2) is 12.1 Å². The molecule has 7 heteroatoms. The molecule has 33 heavy (non-hydrogen) atoms. The Bertz CT molecular complexity index is 725. The van der Waals surface area contributed by atoms with Gasteiger partial charge in [0.05, 0.1) is 13.2 Å². The Morgan fingerprint density at radius 3 is 1.58 bits per heavy atom. The van der Waals surface area contributed by atoms with Crippen LogP contribution in [-0.4, -0.2) is 36.7 Å². The molecule has 0 amide bonds. The molecule has 2 aromatic rings. The SMILES string of the molecule is CCOC(=O)CCCCC(=O)[c-]1[cH-][cH-][cH-][cH-]1.CCOC(=O)CCCCC(=O)[c-]1cccc1.[Fe]. The van der Waals surface area contributed by atoms with E-state index >= 15 is 0 Å². The largest absolute Gasteiger partial charge is 0.718 e. The molecule has 0 aliphatic carbocycles. The molecule has 6 nitrogen and oxygen atoms in total. The van der Waals surface area contributed by atoms with Crippen LogP contribution in [-0.2, 0) is 36.1 Å². The Hall–Kier alpha value is -2.50. The Kier molecular flexibility index (Phi) is 17.6. The number of esters is 2. The Labute approximate surface area is 207 Å². The number of rotatable bonds is 14. The van der Waals surface area contributed by atoms with Crippen LogP contribution in [0.25, 0.3) is 0 Å². The monoisotopic (exact) mass is 498 g/mol. The van der Waals surface area contributed by atoms with Gasteiger partial charge < -0.3 is 48.9 Å². The summed E-state index contributed by atoms with van der Waals surface area (Å²) in [6.07, 6.45) is 4.72. The summed E-state index contributed by atoms with van der Waals surface area (Å²) in [6.45, 7) is 4.42. The molecule has 0 aromatic heterocycles. The molecule has 0 aliphatic heterocycles. The molecule has 0 fully saturated rings. The van der Waals surface area contributed by atoms with E-state index in [0.717, 1.165) is 24.0 Å². The summed E-state index contributed by atoms with van der Waals surface area (Å²) in [7, 11) is 0. The van der Waals surface area contributed by atoms with Crippen molar-refractivity contribution >= 4 is 23.5 Å². The van der Waals surface area contributed by atoms with Crippen molar-refractivity contribution in [1.82, 2.24) is 0 Å². The number of ketones is 2. The van der Waals surface area contributed by atoms with Crippen LogP contribution in [0.2, 0.25) is 0 Å². The summed E-state index contributed by atoms with van der Waals surface area (Å²) < 4.78 is 9.59. The van der Waals surface area contributed by atoms with E-state index in [9.17, 15) is 19.2 Å². The average Bonchev–Trinajstić information content (AvgIpc) is 3.49. The zero-order chi connectivity index (χ0) is 23.6. The molecule has 0 bridgehead atoms. The van der Waals surface area contributed by atoms with Crippen molar-refractivity contribution in [2.45, 2.75) is 65.2 Å². The minimum Gasteiger partial charge on any atom is -0.718 e. The Balaban J connectivity index is 0.000000602. The van der Waals surface area contributed by atoms with Gasteiger partial charge in [-0.15, -0.1) is 6.42 Å². The van der Waals surface area contributed by atoms with Crippen LogP contribution in [0.3, 0.4) is 0 Å². The summed E-state index contributed by atoms with van der Waals surface area (Å²) in [6, 6.07) is 14.7.